The molecule has 110 valence electrons. The van der Waals surface area contributed by atoms with Gasteiger partial charge in [-0.05, 0) is 45.1 Å². The molecule has 0 aromatic carbocycles. The van der Waals surface area contributed by atoms with Crippen molar-refractivity contribution in [2.24, 2.45) is 0 Å². The average Bonchev–Trinajstić information content (AvgIpc) is 3.01. The molecule has 2 unspecified atom stereocenters. The van der Waals surface area contributed by atoms with Crippen LogP contribution in [0.1, 0.15) is 55.1 Å². The molecular weight excluding hydrogens is 252 g/mol. The lowest BCUT2D eigenvalue weighted by molar-refractivity contribution is 0.0616. The first-order chi connectivity index (χ1) is 9.67. The van der Waals surface area contributed by atoms with E-state index >= 15 is 0 Å². The fraction of sp³-hybridized carbons (Fsp3) is 0.688. The van der Waals surface area contributed by atoms with Gasteiger partial charge in [-0.15, -0.1) is 0 Å². The van der Waals surface area contributed by atoms with Gasteiger partial charge in [0.1, 0.15) is 12.0 Å². The highest BCUT2D eigenvalue weighted by molar-refractivity contribution is 5.94. The first-order valence-electron chi connectivity index (χ1n) is 7.79. The van der Waals surface area contributed by atoms with E-state index in [-0.39, 0.29) is 5.91 Å². The molecule has 2 aliphatic rings. The number of carbonyl (C=O) groups is 1. The second-order valence-electron chi connectivity index (χ2n) is 6.21. The lowest BCUT2D eigenvalue weighted by Crippen LogP contribution is -2.50. The van der Waals surface area contributed by atoms with Gasteiger partial charge < -0.3 is 14.6 Å². The number of amides is 1. The van der Waals surface area contributed by atoms with Crippen molar-refractivity contribution in [3.05, 3.63) is 23.7 Å². The van der Waals surface area contributed by atoms with Crippen LogP contribution in [0.2, 0.25) is 0 Å². The quantitative estimate of drug-likeness (QED) is 0.919. The number of rotatable bonds is 4. The monoisotopic (exact) mass is 276 g/mol. The van der Waals surface area contributed by atoms with Crippen LogP contribution in [0.25, 0.3) is 0 Å². The molecule has 2 aliphatic heterocycles. The Labute approximate surface area is 120 Å². The maximum absolute atomic E-state index is 12.7. The Balaban J connectivity index is 1.76. The van der Waals surface area contributed by atoms with Crippen molar-refractivity contribution in [3.8, 4) is 0 Å². The van der Waals surface area contributed by atoms with E-state index in [0.717, 1.165) is 31.6 Å². The second kappa shape index (κ2) is 5.60. The lowest BCUT2D eigenvalue weighted by Gasteiger charge is -2.37. The molecule has 20 heavy (non-hydrogen) atoms. The number of hydrogen-bond donors (Lipinski definition) is 1. The zero-order chi connectivity index (χ0) is 14.1. The van der Waals surface area contributed by atoms with Gasteiger partial charge in [0.2, 0.25) is 0 Å². The molecule has 1 aromatic rings. The third-order valence-corrected chi connectivity index (χ3v) is 4.59. The van der Waals surface area contributed by atoms with E-state index in [2.05, 4.69) is 17.1 Å². The SMILES string of the molecule is CCCN(C(=O)c1coc(C)c1)C1CC2CCC(C1)N2. The molecule has 1 amide bonds. The van der Waals surface area contributed by atoms with Gasteiger partial charge in [0, 0.05) is 24.7 Å². The average molecular weight is 276 g/mol. The molecule has 2 fully saturated rings. The molecule has 1 N–H and O–H groups in total. The van der Waals surface area contributed by atoms with E-state index in [9.17, 15) is 4.79 Å². The van der Waals surface area contributed by atoms with Crippen LogP contribution in [0.3, 0.4) is 0 Å². The predicted molar refractivity (Wildman–Crippen MR) is 77.7 cm³/mol. The number of aryl methyl sites for hydroxylation is 1. The Kier molecular flexibility index (Phi) is 3.83. The summed E-state index contributed by atoms with van der Waals surface area (Å²) in [4.78, 5) is 14.8. The van der Waals surface area contributed by atoms with Crippen molar-refractivity contribution >= 4 is 5.91 Å². The lowest BCUT2D eigenvalue weighted by atomic mass is 9.97. The standard InChI is InChI=1S/C16H24N2O2/c1-3-6-18(16(19)12-7-11(2)20-10-12)15-8-13-4-5-14(9-15)17-13/h7,10,13-15,17H,3-6,8-9H2,1-2H3. The van der Waals surface area contributed by atoms with Gasteiger partial charge in [0.15, 0.2) is 0 Å². The molecule has 0 saturated carbocycles. The third-order valence-electron chi connectivity index (χ3n) is 4.59. The highest BCUT2D eigenvalue weighted by Crippen LogP contribution is 2.30. The zero-order valence-corrected chi connectivity index (χ0v) is 12.4. The Hall–Kier alpha value is -1.29. The van der Waals surface area contributed by atoms with E-state index in [1.807, 2.05) is 13.0 Å². The molecule has 0 spiro atoms. The van der Waals surface area contributed by atoms with Crippen molar-refractivity contribution in [1.82, 2.24) is 10.2 Å². The van der Waals surface area contributed by atoms with Crippen LogP contribution in [0.15, 0.2) is 16.7 Å². The van der Waals surface area contributed by atoms with Crippen LogP contribution in [0.4, 0.5) is 0 Å². The summed E-state index contributed by atoms with van der Waals surface area (Å²) in [5, 5.41) is 3.64. The van der Waals surface area contributed by atoms with Crippen molar-refractivity contribution in [2.75, 3.05) is 6.54 Å². The van der Waals surface area contributed by atoms with Crippen LogP contribution < -0.4 is 5.32 Å². The second-order valence-corrected chi connectivity index (χ2v) is 6.21. The van der Waals surface area contributed by atoms with E-state index in [1.54, 1.807) is 6.26 Å². The van der Waals surface area contributed by atoms with Crippen LogP contribution in [-0.4, -0.2) is 35.5 Å². The number of hydrogen-bond acceptors (Lipinski definition) is 3. The normalized spacial score (nSPS) is 28.6. The maximum Gasteiger partial charge on any atom is 0.257 e. The van der Waals surface area contributed by atoms with Gasteiger partial charge in [-0.3, -0.25) is 4.79 Å². The molecule has 1 aromatic heterocycles. The number of furan rings is 1. The molecule has 2 bridgehead atoms. The smallest absolute Gasteiger partial charge is 0.257 e. The van der Waals surface area contributed by atoms with Crippen LogP contribution >= 0.6 is 0 Å². The first kappa shape index (κ1) is 13.7. The molecule has 3 heterocycles. The summed E-state index contributed by atoms with van der Waals surface area (Å²) in [5.41, 5.74) is 0.696. The third kappa shape index (κ3) is 2.62. The van der Waals surface area contributed by atoms with Crippen molar-refractivity contribution < 1.29 is 9.21 Å². The zero-order valence-electron chi connectivity index (χ0n) is 12.4. The summed E-state index contributed by atoms with van der Waals surface area (Å²) in [6.45, 7) is 4.86. The largest absolute Gasteiger partial charge is 0.469 e. The van der Waals surface area contributed by atoms with Gasteiger partial charge >= 0.3 is 0 Å². The minimum absolute atomic E-state index is 0.134. The van der Waals surface area contributed by atoms with Gasteiger partial charge in [-0.1, -0.05) is 6.92 Å². The summed E-state index contributed by atoms with van der Waals surface area (Å²) in [6, 6.07) is 3.45. The highest BCUT2D eigenvalue weighted by atomic mass is 16.3. The van der Waals surface area contributed by atoms with Gasteiger partial charge in [-0.2, -0.15) is 0 Å². The van der Waals surface area contributed by atoms with Crippen LogP contribution in [0.5, 0.6) is 0 Å². The molecule has 4 nitrogen and oxygen atoms in total. The molecule has 0 aliphatic carbocycles. The van der Waals surface area contributed by atoms with E-state index in [1.165, 1.54) is 12.8 Å². The van der Waals surface area contributed by atoms with E-state index in [0.29, 0.717) is 23.7 Å². The fourth-order valence-electron chi connectivity index (χ4n) is 3.69. The van der Waals surface area contributed by atoms with Crippen LogP contribution in [0, 0.1) is 6.92 Å². The van der Waals surface area contributed by atoms with Crippen molar-refractivity contribution in [1.29, 1.82) is 0 Å². The maximum atomic E-state index is 12.7. The van der Waals surface area contributed by atoms with E-state index < -0.39 is 0 Å². The molecule has 2 saturated heterocycles. The Morgan fingerprint density at radius 3 is 2.65 bits per heavy atom. The number of nitrogens with zero attached hydrogens (tertiary/aromatic N) is 1. The number of piperidine rings is 1. The van der Waals surface area contributed by atoms with Crippen molar-refractivity contribution in [2.45, 2.75) is 64.1 Å². The van der Waals surface area contributed by atoms with Gasteiger partial charge in [0.05, 0.1) is 5.56 Å². The van der Waals surface area contributed by atoms with E-state index in [4.69, 9.17) is 4.42 Å². The number of fused-ring (bicyclic) bond motifs is 2. The topological polar surface area (TPSA) is 45.5 Å². The molecule has 4 heteroatoms. The van der Waals surface area contributed by atoms with Gasteiger partial charge in [0.25, 0.3) is 5.91 Å². The molecule has 0 radical (unpaired) electrons. The van der Waals surface area contributed by atoms with Gasteiger partial charge in [-0.25, -0.2) is 0 Å². The summed E-state index contributed by atoms with van der Waals surface area (Å²) >= 11 is 0. The molecule has 2 atom stereocenters. The number of carbonyl (C=O) groups excluding carboxylic acids is 1. The fourth-order valence-corrected chi connectivity index (χ4v) is 3.69. The summed E-state index contributed by atoms with van der Waals surface area (Å²) < 4.78 is 5.30. The first-order valence-corrected chi connectivity index (χ1v) is 7.79. The number of nitrogens with one attached hydrogen (secondary N) is 1. The molecule has 3 rings (SSSR count). The Morgan fingerprint density at radius 2 is 2.10 bits per heavy atom. The van der Waals surface area contributed by atoms with Crippen molar-refractivity contribution in [3.63, 3.8) is 0 Å². The Morgan fingerprint density at radius 1 is 1.40 bits per heavy atom. The highest BCUT2D eigenvalue weighted by Gasteiger charge is 2.37. The summed E-state index contributed by atoms with van der Waals surface area (Å²) in [5.74, 6) is 0.935. The summed E-state index contributed by atoms with van der Waals surface area (Å²) in [6.07, 6.45) is 7.32. The van der Waals surface area contributed by atoms with Crippen LogP contribution in [-0.2, 0) is 0 Å². The molecular formula is C16H24N2O2. The minimum Gasteiger partial charge on any atom is -0.469 e. The summed E-state index contributed by atoms with van der Waals surface area (Å²) in [7, 11) is 0. The minimum atomic E-state index is 0.134. The Bertz CT molecular complexity index is 471. The predicted octanol–water partition coefficient (Wildman–Crippen LogP) is 2.72.